The van der Waals surface area contributed by atoms with E-state index in [2.05, 4.69) is 0 Å². The second kappa shape index (κ2) is 7.07. The standard InChI is InChI=1S/C18H20O4/c1-12(18(20)21)4-3-5-17(19)15-7-6-14-11-16(22-2)9-8-13(14)10-15/h6-12H,3-5H2,1-2H3,(H,20,21)/t12-/m0/s1. The largest absolute Gasteiger partial charge is 0.497 e. The molecule has 0 aliphatic heterocycles. The lowest BCUT2D eigenvalue weighted by Crippen LogP contribution is -2.10. The fourth-order valence-corrected chi connectivity index (χ4v) is 2.36. The van der Waals surface area contributed by atoms with Crippen LogP contribution in [0.15, 0.2) is 36.4 Å². The molecule has 1 atom stereocenters. The minimum absolute atomic E-state index is 0.0512. The number of aliphatic carboxylic acids is 1. The Morgan fingerprint density at radius 2 is 1.82 bits per heavy atom. The second-order valence-corrected chi connectivity index (χ2v) is 5.48. The summed E-state index contributed by atoms with van der Waals surface area (Å²) in [5.74, 6) is -0.381. The van der Waals surface area contributed by atoms with Gasteiger partial charge in [0.2, 0.25) is 0 Å². The lowest BCUT2D eigenvalue weighted by molar-refractivity contribution is -0.141. The number of methoxy groups -OCH3 is 1. The summed E-state index contributed by atoms with van der Waals surface area (Å²) in [4.78, 5) is 22.9. The number of carbonyl (C=O) groups excluding carboxylic acids is 1. The first-order valence-electron chi connectivity index (χ1n) is 7.35. The van der Waals surface area contributed by atoms with Crippen molar-refractivity contribution in [1.29, 1.82) is 0 Å². The summed E-state index contributed by atoms with van der Waals surface area (Å²) >= 11 is 0. The number of benzene rings is 2. The fourth-order valence-electron chi connectivity index (χ4n) is 2.36. The normalized spacial score (nSPS) is 12.1. The van der Waals surface area contributed by atoms with Crippen molar-refractivity contribution in [3.63, 3.8) is 0 Å². The number of ketones is 1. The van der Waals surface area contributed by atoms with E-state index in [1.807, 2.05) is 36.4 Å². The Bertz CT molecular complexity index is 691. The van der Waals surface area contributed by atoms with Crippen LogP contribution in [0.25, 0.3) is 10.8 Å². The first kappa shape index (κ1) is 16.0. The van der Waals surface area contributed by atoms with Crippen molar-refractivity contribution in [2.45, 2.75) is 26.2 Å². The van der Waals surface area contributed by atoms with E-state index in [0.29, 0.717) is 24.8 Å². The quantitative estimate of drug-likeness (QED) is 0.787. The van der Waals surface area contributed by atoms with Crippen LogP contribution in [-0.2, 0) is 4.79 Å². The molecule has 0 saturated heterocycles. The third-order valence-corrected chi connectivity index (χ3v) is 3.83. The smallest absolute Gasteiger partial charge is 0.306 e. The zero-order valence-electron chi connectivity index (χ0n) is 12.8. The van der Waals surface area contributed by atoms with Crippen LogP contribution in [0.1, 0.15) is 36.5 Å². The SMILES string of the molecule is COc1ccc2cc(C(=O)CCC[C@H](C)C(=O)O)ccc2c1. The van der Waals surface area contributed by atoms with E-state index in [4.69, 9.17) is 9.84 Å². The molecule has 22 heavy (non-hydrogen) atoms. The van der Waals surface area contributed by atoms with Gasteiger partial charge in [-0.1, -0.05) is 25.1 Å². The molecule has 4 heteroatoms. The Morgan fingerprint density at radius 3 is 2.50 bits per heavy atom. The van der Waals surface area contributed by atoms with Crippen molar-refractivity contribution >= 4 is 22.5 Å². The molecule has 4 nitrogen and oxygen atoms in total. The molecule has 0 spiro atoms. The van der Waals surface area contributed by atoms with E-state index in [1.165, 1.54) is 0 Å². The van der Waals surface area contributed by atoms with E-state index < -0.39 is 11.9 Å². The van der Waals surface area contributed by atoms with Crippen LogP contribution in [0.5, 0.6) is 5.75 Å². The van der Waals surface area contributed by atoms with Gasteiger partial charge in [0.15, 0.2) is 5.78 Å². The van der Waals surface area contributed by atoms with Crippen LogP contribution in [0, 0.1) is 5.92 Å². The first-order chi connectivity index (χ1) is 10.5. The summed E-state index contributed by atoms with van der Waals surface area (Å²) in [5, 5.41) is 10.8. The second-order valence-electron chi connectivity index (χ2n) is 5.48. The molecule has 0 unspecified atom stereocenters. The van der Waals surface area contributed by atoms with Gasteiger partial charge in [-0.15, -0.1) is 0 Å². The van der Waals surface area contributed by atoms with Gasteiger partial charge in [-0.25, -0.2) is 0 Å². The highest BCUT2D eigenvalue weighted by Gasteiger charge is 2.12. The van der Waals surface area contributed by atoms with Gasteiger partial charge in [0, 0.05) is 12.0 Å². The van der Waals surface area contributed by atoms with Gasteiger partial charge < -0.3 is 9.84 Å². The number of hydrogen-bond donors (Lipinski definition) is 1. The van der Waals surface area contributed by atoms with Gasteiger partial charge in [0.25, 0.3) is 0 Å². The summed E-state index contributed by atoms with van der Waals surface area (Å²) < 4.78 is 5.18. The topological polar surface area (TPSA) is 63.6 Å². The Morgan fingerprint density at radius 1 is 1.14 bits per heavy atom. The van der Waals surface area contributed by atoms with Crippen molar-refractivity contribution in [2.75, 3.05) is 7.11 Å². The highest BCUT2D eigenvalue weighted by molar-refractivity contribution is 6.00. The molecular weight excluding hydrogens is 280 g/mol. The number of carbonyl (C=O) groups is 2. The molecule has 2 rings (SSSR count). The van der Waals surface area contributed by atoms with Crippen LogP contribution in [0.4, 0.5) is 0 Å². The maximum absolute atomic E-state index is 12.2. The molecular formula is C18H20O4. The number of carboxylic acid groups (broad SMARTS) is 1. The van der Waals surface area contributed by atoms with Gasteiger partial charge in [-0.3, -0.25) is 9.59 Å². The average Bonchev–Trinajstić information content (AvgIpc) is 2.53. The summed E-state index contributed by atoms with van der Waals surface area (Å²) in [5.41, 5.74) is 0.667. The highest BCUT2D eigenvalue weighted by atomic mass is 16.5. The van der Waals surface area contributed by atoms with Gasteiger partial charge in [0.1, 0.15) is 5.75 Å². The molecule has 116 valence electrons. The first-order valence-corrected chi connectivity index (χ1v) is 7.35. The van der Waals surface area contributed by atoms with Crippen molar-refractivity contribution in [3.05, 3.63) is 42.0 Å². The third kappa shape index (κ3) is 3.85. The predicted molar refractivity (Wildman–Crippen MR) is 85.5 cm³/mol. The number of hydrogen-bond acceptors (Lipinski definition) is 3. The Balaban J connectivity index is 2.04. The number of rotatable bonds is 7. The van der Waals surface area contributed by atoms with Crippen LogP contribution in [0.2, 0.25) is 0 Å². The lowest BCUT2D eigenvalue weighted by atomic mass is 9.98. The summed E-state index contributed by atoms with van der Waals surface area (Å²) in [7, 11) is 1.62. The van der Waals surface area contributed by atoms with Gasteiger partial charge in [-0.2, -0.15) is 0 Å². The Kier molecular flexibility index (Phi) is 5.15. The number of Topliss-reactive ketones (excluding diaryl/α,β-unsaturated/α-hetero) is 1. The van der Waals surface area contributed by atoms with Crippen molar-refractivity contribution < 1.29 is 19.4 Å². The molecule has 0 aliphatic rings. The summed E-state index contributed by atoms with van der Waals surface area (Å²) in [6, 6.07) is 11.3. The third-order valence-electron chi connectivity index (χ3n) is 3.83. The van der Waals surface area contributed by atoms with Crippen molar-refractivity contribution in [1.82, 2.24) is 0 Å². The van der Waals surface area contributed by atoms with Crippen LogP contribution in [0.3, 0.4) is 0 Å². The molecule has 0 radical (unpaired) electrons. The van der Waals surface area contributed by atoms with Gasteiger partial charge in [0.05, 0.1) is 13.0 Å². The minimum Gasteiger partial charge on any atom is -0.497 e. The van der Waals surface area contributed by atoms with Gasteiger partial charge >= 0.3 is 5.97 Å². The maximum Gasteiger partial charge on any atom is 0.306 e. The Labute approximate surface area is 129 Å². The average molecular weight is 300 g/mol. The van der Waals surface area contributed by atoms with Crippen molar-refractivity contribution in [3.8, 4) is 5.75 Å². The Hall–Kier alpha value is -2.36. The maximum atomic E-state index is 12.2. The number of ether oxygens (including phenoxy) is 1. The predicted octanol–water partition coefficient (Wildman–Crippen LogP) is 3.92. The molecule has 0 saturated carbocycles. The molecule has 0 aromatic heterocycles. The zero-order valence-corrected chi connectivity index (χ0v) is 12.8. The van der Waals surface area contributed by atoms with E-state index in [1.54, 1.807) is 14.0 Å². The molecule has 0 aliphatic carbocycles. The van der Waals surface area contributed by atoms with Crippen LogP contribution in [-0.4, -0.2) is 24.0 Å². The minimum atomic E-state index is -0.813. The van der Waals surface area contributed by atoms with Crippen LogP contribution >= 0.6 is 0 Å². The van der Waals surface area contributed by atoms with Gasteiger partial charge in [-0.05, 0) is 41.8 Å². The fraction of sp³-hybridized carbons (Fsp3) is 0.333. The zero-order chi connectivity index (χ0) is 16.1. The monoisotopic (exact) mass is 300 g/mol. The highest BCUT2D eigenvalue weighted by Crippen LogP contribution is 2.22. The summed E-state index contributed by atoms with van der Waals surface area (Å²) in [6.07, 6.45) is 1.48. The molecule has 0 heterocycles. The molecule has 0 fully saturated rings. The molecule has 1 N–H and O–H groups in total. The van der Waals surface area contributed by atoms with Crippen molar-refractivity contribution in [2.24, 2.45) is 5.92 Å². The van der Waals surface area contributed by atoms with E-state index >= 15 is 0 Å². The van der Waals surface area contributed by atoms with E-state index in [-0.39, 0.29) is 5.78 Å². The molecule has 0 amide bonds. The number of carboxylic acids is 1. The summed E-state index contributed by atoms with van der Waals surface area (Å²) in [6.45, 7) is 1.66. The van der Waals surface area contributed by atoms with Crippen LogP contribution < -0.4 is 4.74 Å². The van der Waals surface area contributed by atoms with E-state index in [9.17, 15) is 9.59 Å². The number of fused-ring (bicyclic) bond motifs is 1. The molecule has 0 bridgehead atoms. The lowest BCUT2D eigenvalue weighted by Gasteiger charge is -2.07. The molecule has 2 aromatic carbocycles. The molecule has 2 aromatic rings. The van der Waals surface area contributed by atoms with E-state index in [0.717, 1.165) is 16.5 Å².